The summed E-state index contributed by atoms with van der Waals surface area (Å²) in [6, 6.07) is 5.67. The zero-order valence-corrected chi connectivity index (χ0v) is 15.7. The Balaban J connectivity index is 2.08. The summed E-state index contributed by atoms with van der Waals surface area (Å²) in [5.41, 5.74) is -0.323. The van der Waals surface area contributed by atoms with Crippen molar-refractivity contribution in [3.8, 4) is 0 Å². The first-order chi connectivity index (χ1) is 12.4. The van der Waals surface area contributed by atoms with E-state index in [1.807, 2.05) is 0 Å². The van der Waals surface area contributed by atoms with Gasteiger partial charge in [0.1, 0.15) is 0 Å². The van der Waals surface area contributed by atoms with Crippen LogP contribution in [0.5, 0.6) is 0 Å². The SMILES string of the molecule is Cc1cc2oc(=O)n(C)c2cc1S(=O)(=O)Cc1ccc(Cl)c(C(F)(F)F)c1. The first kappa shape index (κ1) is 19.5. The van der Waals surface area contributed by atoms with Gasteiger partial charge in [0.2, 0.25) is 0 Å². The van der Waals surface area contributed by atoms with E-state index < -0.39 is 38.1 Å². The topological polar surface area (TPSA) is 69.3 Å². The molecule has 0 saturated heterocycles. The third kappa shape index (κ3) is 3.61. The largest absolute Gasteiger partial charge is 0.419 e. The molecule has 1 aromatic heterocycles. The molecule has 0 unspecified atom stereocenters. The van der Waals surface area contributed by atoms with Gasteiger partial charge in [0.25, 0.3) is 0 Å². The second kappa shape index (κ2) is 6.42. The van der Waals surface area contributed by atoms with Crippen molar-refractivity contribution < 1.29 is 26.0 Å². The van der Waals surface area contributed by atoms with Crippen LogP contribution in [0.2, 0.25) is 5.02 Å². The van der Waals surface area contributed by atoms with Crippen LogP contribution < -0.4 is 5.76 Å². The second-order valence-electron chi connectivity index (χ2n) is 6.08. The molecular formula is C17H13ClF3NO4S. The predicted molar refractivity (Wildman–Crippen MR) is 93.5 cm³/mol. The third-order valence-electron chi connectivity index (χ3n) is 4.12. The van der Waals surface area contributed by atoms with Gasteiger partial charge in [0.05, 0.1) is 26.8 Å². The summed E-state index contributed by atoms with van der Waals surface area (Å²) in [6.45, 7) is 1.52. The molecule has 0 radical (unpaired) electrons. The summed E-state index contributed by atoms with van der Waals surface area (Å²) in [5.74, 6) is -1.29. The van der Waals surface area contributed by atoms with Crippen LogP contribution in [-0.2, 0) is 28.8 Å². The number of oxazole rings is 1. The molecule has 0 aliphatic carbocycles. The number of alkyl halides is 3. The van der Waals surface area contributed by atoms with Crippen molar-refractivity contribution in [1.29, 1.82) is 0 Å². The lowest BCUT2D eigenvalue weighted by molar-refractivity contribution is -0.137. The van der Waals surface area contributed by atoms with Crippen molar-refractivity contribution in [2.75, 3.05) is 0 Å². The molecule has 10 heteroatoms. The molecule has 0 bridgehead atoms. The lowest BCUT2D eigenvalue weighted by Gasteiger charge is -2.12. The molecule has 27 heavy (non-hydrogen) atoms. The van der Waals surface area contributed by atoms with E-state index in [-0.39, 0.29) is 21.6 Å². The number of hydrogen-bond acceptors (Lipinski definition) is 4. The van der Waals surface area contributed by atoms with Crippen LogP contribution in [0.1, 0.15) is 16.7 Å². The highest BCUT2D eigenvalue weighted by atomic mass is 35.5. The number of rotatable bonds is 3. The molecule has 0 N–H and O–H groups in total. The minimum absolute atomic E-state index is 0.0488. The summed E-state index contributed by atoms with van der Waals surface area (Å²) in [5, 5.41) is -0.505. The van der Waals surface area contributed by atoms with Crippen LogP contribution in [0.15, 0.2) is 44.4 Å². The van der Waals surface area contributed by atoms with E-state index in [0.29, 0.717) is 5.56 Å². The minimum atomic E-state index is -4.69. The number of aromatic nitrogens is 1. The van der Waals surface area contributed by atoms with Crippen LogP contribution in [-0.4, -0.2) is 13.0 Å². The molecule has 3 aromatic rings. The predicted octanol–water partition coefficient (Wildman–Crippen LogP) is 4.09. The fourth-order valence-electron chi connectivity index (χ4n) is 2.77. The van der Waals surface area contributed by atoms with Crippen molar-refractivity contribution in [3.63, 3.8) is 0 Å². The molecule has 0 aliphatic heterocycles. The lowest BCUT2D eigenvalue weighted by Crippen LogP contribution is -2.11. The summed E-state index contributed by atoms with van der Waals surface area (Å²) in [4.78, 5) is 11.5. The molecule has 3 rings (SSSR count). The van der Waals surface area contributed by atoms with Gasteiger partial charge in [-0.2, -0.15) is 13.2 Å². The quantitative estimate of drug-likeness (QED) is 0.641. The van der Waals surface area contributed by atoms with Crippen molar-refractivity contribution >= 4 is 32.5 Å². The van der Waals surface area contributed by atoms with Crippen LogP contribution in [0, 0.1) is 6.92 Å². The maximum absolute atomic E-state index is 13.0. The lowest BCUT2D eigenvalue weighted by atomic mass is 10.1. The van der Waals surface area contributed by atoms with Crippen LogP contribution in [0.3, 0.4) is 0 Å². The average Bonchev–Trinajstić information content (AvgIpc) is 2.81. The zero-order chi connectivity index (χ0) is 20.1. The molecule has 0 amide bonds. The summed E-state index contributed by atoms with van der Waals surface area (Å²) < 4.78 is 70.7. The zero-order valence-electron chi connectivity index (χ0n) is 14.1. The van der Waals surface area contributed by atoms with Crippen molar-refractivity contribution in [2.24, 2.45) is 7.05 Å². The van der Waals surface area contributed by atoms with E-state index in [2.05, 4.69) is 0 Å². The van der Waals surface area contributed by atoms with E-state index in [1.54, 1.807) is 0 Å². The van der Waals surface area contributed by atoms with Gasteiger partial charge in [-0.05, 0) is 42.3 Å². The summed E-state index contributed by atoms with van der Waals surface area (Å²) in [6.07, 6.45) is -4.69. The maximum atomic E-state index is 13.0. The maximum Gasteiger partial charge on any atom is 0.419 e. The average molecular weight is 420 g/mol. The van der Waals surface area contributed by atoms with Gasteiger partial charge in [0, 0.05) is 7.05 Å². The van der Waals surface area contributed by atoms with E-state index in [1.165, 1.54) is 32.2 Å². The van der Waals surface area contributed by atoms with Gasteiger partial charge < -0.3 is 4.42 Å². The van der Waals surface area contributed by atoms with Crippen molar-refractivity contribution in [2.45, 2.75) is 23.7 Å². The van der Waals surface area contributed by atoms with Crippen molar-refractivity contribution in [3.05, 3.63) is 62.6 Å². The Kier molecular flexibility index (Phi) is 4.63. The molecule has 1 heterocycles. The molecule has 144 valence electrons. The van der Waals surface area contributed by atoms with Crippen molar-refractivity contribution in [1.82, 2.24) is 4.57 Å². The molecular weight excluding hydrogens is 407 g/mol. The monoisotopic (exact) mass is 419 g/mol. The van der Waals surface area contributed by atoms with Gasteiger partial charge in [0.15, 0.2) is 15.4 Å². The Labute approximate surface area is 156 Å². The Morgan fingerprint density at radius 3 is 2.48 bits per heavy atom. The highest BCUT2D eigenvalue weighted by molar-refractivity contribution is 7.90. The first-order valence-corrected chi connectivity index (χ1v) is 9.62. The first-order valence-electron chi connectivity index (χ1n) is 7.59. The highest BCUT2D eigenvalue weighted by Gasteiger charge is 2.33. The smallest absolute Gasteiger partial charge is 0.408 e. The Hall–Kier alpha value is -2.26. The van der Waals surface area contributed by atoms with Gasteiger partial charge in [-0.25, -0.2) is 13.2 Å². The fraction of sp³-hybridized carbons (Fsp3) is 0.235. The Morgan fingerprint density at radius 2 is 1.85 bits per heavy atom. The van der Waals surface area contributed by atoms with Crippen LogP contribution in [0.4, 0.5) is 13.2 Å². The van der Waals surface area contributed by atoms with Gasteiger partial charge in [-0.3, -0.25) is 4.57 Å². The standard InChI is InChI=1S/C17H13ClF3NO4S/c1-9-5-14-13(22(2)16(23)26-14)7-15(9)27(24,25)8-10-3-4-12(18)11(6-10)17(19,20)21/h3-7H,8H2,1-2H3. The molecule has 0 atom stereocenters. The number of nitrogens with zero attached hydrogens (tertiary/aromatic N) is 1. The number of halogens is 4. The van der Waals surface area contributed by atoms with E-state index in [0.717, 1.165) is 16.7 Å². The van der Waals surface area contributed by atoms with E-state index >= 15 is 0 Å². The molecule has 5 nitrogen and oxygen atoms in total. The van der Waals surface area contributed by atoms with E-state index in [9.17, 15) is 26.4 Å². The second-order valence-corrected chi connectivity index (χ2v) is 8.45. The van der Waals surface area contributed by atoms with Crippen LogP contribution >= 0.6 is 11.6 Å². The van der Waals surface area contributed by atoms with Gasteiger partial charge >= 0.3 is 11.9 Å². The summed E-state index contributed by atoms with van der Waals surface area (Å²) in [7, 11) is -2.56. The molecule has 2 aromatic carbocycles. The van der Waals surface area contributed by atoms with E-state index in [4.69, 9.17) is 16.0 Å². The molecule has 0 spiro atoms. The normalized spacial score (nSPS) is 12.7. The van der Waals surface area contributed by atoms with Gasteiger partial charge in [-0.1, -0.05) is 17.7 Å². The fourth-order valence-corrected chi connectivity index (χ4v) is 4.61. The highest BCUT2D eigenvalue weighted by Crippen LogP contribution is 2.36. The number of benzene rings is 2. The van der Waals surface area contributed by atoms with Crippen LogP contribution in [0.25, 0.3) is 11.1 Å². The summed E-state index contributed by atoms with van der Waals surface area (Å²) >= 11 is 5.57. The molecule has 0 fully saturated rings. The Bertz CT molecular complexity index is 1210. The molecule has 0 aliphatic rings. The number of sulfone groups is 1. The van der Waals surface area contributed by atoms with Gasteiger partial charge in [-0.15, -0.1) is 0 Å². The Morgan fingerprint density at radius 1 is 1.19 bits per heavy atom. The number of fused-ring (bicyclic) bond motifs is 1. The number of aryl methyl sites for hydroxylation is 2. The molecule has 0 saturated carbocycles. The minimum Gasteiger partial charge on any atom is -0.408 e. The number of hydrogen-bond donors (Lipinski definition) is 0. The third-order valence-corrected chi connectivity index (χ3v) is 6.27.